The average molecular weight is 258 g/mol. The van der Waals surface area contributed by atoms with E-state index in [1.165, 1.54) is 0 Å². The number of nitrogens with zero attached hydrogens (tertiary/aromatic N) is 3. The van der Waals surface area contributed by atoms with Crippen LogP contribution in [0.25, 0.3) is 11.4 Å². The summed E-state index contributed by atoms with van der Waals surface area (Å²) in [6.07, 6.45) is 1.65. The Morgan fingerprint density at radius 2 is 2.05 bits per heavy atom. The zero-order valence-electron chi connectivity index (χ0n) is 11.6. The largest absolute Gasteiger partial charge is 0.326 e. The molecule has 2 rings (SSSR count). The van der Waals surface area contributed by atoms with Crippen molar-refractivity contribution in [3.63, 3.8) is 0 Å². The summed E-state index contributed by atoms with van der Waals surface area (Å²) in [7, 11) is 1.88. The lowest BCUT2D eigenvalue weighted by atomic mass is 9.95. The number of nitrogens with one attached hydrogen (secondary N) is 1. The molecular weight excluding hydrogens is 240 g/mol. The molecular formula is C14H18N4O. The molecule has 0 aliphatic rings. The number of aromatic nitrogens is 3. The monoisotopic (exact) mass is 258 g/mol. The number of amides is 1. The highest BCUT2D eigenvalue weighted by atomic mass is 16.2. The SMILES string of the molecule is Cn1cnnc1-c1cccc(NC(=O)C(C)(C)C)c1. The van der Waals surface area contributed by atoms with Crippen molar-refractivity contribution >= 4 is 11.6 Å². The first-order valence-electron chi connectivity index (χ1n) is 6.14. The highest BCUT2D eigenvalue weighted by molar-refractivity contribution is 5.94. The predicted octanol–water partition coefficient (Wildman–Crippen LogP) is 2.47. The Kier molecular flexibility index (Phi) is 3.38. The summed E-state index contributed by atoms with van der Waals surface area (Å²) in [5, 5.41) is 10.8. The number of benzene rings is 1. The van der Waals surface area contributed by atoms with Crippen LogP contribution in [-0.2, 0) is 11.8 Å². The van der Waals surface area contributed by atoms with Crippen LogP contribution in [0.2, 0.25) is 0 Å². The summed E-state index contributed by atoms with van der Waals surface area (Å²) in [6.45, 7) is 5.65. The van der Waals surface area contributed by atoms with Crippen molar-refractivity contribution in [3.8, 4) is 11.4 Å². The van der Waals surface area contributed by atoms with E-state index < -0.39 is 5.41 Å². The minimum atomic E-state index is -0.416. The molecule has 1 aromatic carbocycles. The molecule has 2 aromatic rings. The predicted molar refractivity (Wildman–Crippen MR) is 74.5 cm³/mol. The summed E-state index contributed by atoms with van der Waals surface area (Å²) in [6, 6.07) is 7.59. The third-order valence-electron chi connectivity index (χ3n) is 2.77. The van der Waals surface area contributed by atoms with E-state index in [-0.39, 0.29) is 5.91 Å². The molecule has 5 nitrogen and oxygen atoms in total. The lowest BCUT2D eigenvalue weighted by molar-refractivity contribution is -0.123. The maximum atomic E-state index is 12.0. The molecule has 0 spiro atoms. The van der Waals surface area contributed by atoms with Gasteiger partial charge in [-0.25, -0.2) is 0 Å². The summed E-state index contributed by atoms with van der Waals surface area (Å²) < 4.78 is 1.84. The summed E-state index contributed by atoms with van der Waals surface area (Å²) in [4.78, 5) is 12.0. The molecule has 1 amide bonds. The lowest BCUT2D eigenvalue weighted by Gasteiger charge is -2.17. The van der Waals surface area contributed by atoms with Gasteiger partial charge in [0.1, 0.15) is 6.33 Å². The van der Waals surface area contributed by atoms with Crippen molar-refractivity contribution in [2.75, 3.05) is 5.32 Å². The van der Waals surface area contributed by atoms with E-state index in [1.807, 2.05) is 56.7 Å². The number of aryl methyl sites for hydroxylation is 1. The van der Waals surface area contributed by atoms with Crippen LogP contribution < -0.4 is 5.32 Å². The molecule has 0 bridgehead atoms. The van der Waals surface area contributed by atoms with Crippen LogP contribution in [0.4, 0.5) is 5.69 Å². The molecule has 100 valence electrons. The van der Waals surface area contributed by atoms with Gasteiger partial charge < -0.3 is 9.88 Å². The Hall–Kier alpha value is -2.17. The Bertz CT molecular complexity index is 595. The highest BCUT2D eigenvalue weighted by Gasteiger charge is 2.21. The highest BCUT2D eigenvalue weighted by Crippen LogP contribution is 2.22. The number of carbonyl (C=O) groups is 1. The molecule has 0 unspecified atom stereocenters. The van der Waals surface area contributed by atoms with Gasteiger partial charge in [0.15, 0.2) is 5.82 Å². The molecule has 1 N–H and O–H groups in total. The average Bonchev–Trinajstić information content (AvgIpc) is 2.74. The van der Waals surface area contributed by atoms with E-state index >= 15 is 0 Å². The topological polar surface area (TPSA) is 59.8 Å². The van der Waals surface area contributed by atoms with Crippen LogP contribution in [0.5, 0.6) is 0 Å². The van der Waals surface area contributed by atoms with Crippen molar-refractivity contribution in [2.24, 2.45) is 12.5 Å². The Morgan fingerprint density at radius 1 is 1.32 bits per heavy atom. The first kappa shape index (κ1) is 13.3. The van der Waals surface area contributed by atoms with Crippen molar-refractivity contribution < 1.29 is 4.79 Å². The zero-order valence-corrected chi connectivity index (χ0v) is 11.6. The van der Waals surface area contributed by atoms with Gasteiger partial charge in [0.05, 0.1) is 0 Å². The van der Waals surface area contributed by atoms with Crippen LogP contribution in [0.1, 0.15) is 20.8 Å². The molecule has 0 atom stereocenters. The lowest BCUT2D eigenvalue weighted by Crippen LogP contribution is -2.27. The molecule has 1 heterocycles. The number of anilines is 1. The molecule has 0 saturated carbocycles. The molecule has 0 aliphatic heterocycles. The Balaban J connectivity index is 2.26. The second kappa shape index (κ2) is 4.84. The van der Waals surface area contributed by atoms with Crippen molar-refractivity contribution in [1.29, 1.82) is 0 Å². The van der Waals surface area contributed by atoms with Crippen LogP contribution in [0.3, 0.4) is 0 Å². The summed E-state index contributed by atoms with van der Waals surface area (Å²) in [5.74, 6) is 0.759. The van der Waals surface area contributed by atoms with E-state index in [0.29, 0.717) is 0 Å². The van der Waals surface area contributed by atoms with Crippen LogP contribution in [0, 0.1) is 5.41 Å². The zero-order chi connectivity index (χ0) is 14.0. The van der Waals surface area contributed by atoms with Gasteiger partial charge in [-0.05, 0) is 12.1 Å². The minimum absolute atomic E-state index is 0.0115. The molecule has 0 saturated heterocycles. The van der Waals surface area contributed by atoms with Crippen molar-refractivity contribution in [1.82, 2.24) is 14.8 Å². The van der Waals surface area contributed by atoms with E-state index in [2.05, 4.69) is 15.5 Å². The van der Waals surface area contributed by atoms with Gasteiger partial charge in [-0.1, -0.05) is 32.9 Å². The fourth-order valence-electron chi connectivity index (χ4n) is 1.60. The van der Waals surface area contributed by atoms with Crippen LogP contribution in [-0.4, -0.2) is 20.7 Å². The van der Waals surface area contributed by atoms with Crippen molar-refractivity contribution in [2.45, 2.75) is 20.8 Å². The Morgan fingerprint density at radius 3 is 2.63 bits per heavy atom. The van der Waals surface area contributed by atoms with E-state index in [4.69, 9.17) is 0 Å². The number of carbonyl (C=O) groups excluding carboxylic acids is 1. The fraction of sp³-hybridized carbons (Fsp3) is 0.357. The molecule has 19 heavy (non-hydrogen) atoms. The van der Waals surface area contributed by atoms with E-state index in [9.17, 15) is 4.79 Å². The first-order chi connectivity index (χ1) is 8.88. The maximum Gasteiger partial charge on any atom is 0.229 e. The number of rotatable bonds is 2. The van der Waals surface area contributed by atoms with E-state index in [0.717, 1.165) is 17.1 Å². The van der Waals surface area contributed by atoms with Gasteiger partial charge >= 0.3 is 0 Å². The van der Waals surface area contributed by atoms with Gasteiger partial charge in [0.2, 0.25) is 5.91 Å². The third-order valence-corrected chi connectivity index (χ3v) is 2.77. The standard InChI is InChI=1S/C14H18N4O/c1-14(2,3)13(19)16-11-7-5-6-10(8-11)12-17-15-9-18(12)4/h5-9H,1-4H3,(H,16,19). The van der Waals surface area contributed by atoms with Gasteiger partial charge in [0.25, 0.3) is 0 Å². The normalized spacial score (nSPS) is 11.4. The Labute approximate surface area is 112 Å². The van der Waals surface area contributed by atoms with E-state index in [1.54, 1.807) is 6.33 Å². The molecule has 0 fully saturated rings. The smallest absolute Gasteiger partial charge is 0.229 e. The second-order valence-electron chi connectivity index (χ2n) is 5.55. The second-order valence-corrected chi connectivity index (χ2v) is 5.55. The summed E-state index contributed by atoms with van der Waals surface area (Å²) in [5.41, 5.74) is 1.27. The molecule has 5 heteroatoms. The van der Waals surface area contributed by atoms with Crippen molar-refractivity contribution in [3.05, 3.63) is 30.6 Å². The van der Waals surface area contributed by atoms with Gasteiger partial charge in [-0.15, -0.1) is 10.2 Å². The quantitative estimate of drug-likeness (QED) is 0.900. The van der Waals surface area contributed by atoms with Gasteiger partial charge in [-0.3, -0.25) is 4.79 Å². The molecule has 0 aliphatic carbocycles. The minimum Gasteiger partial charge on any atom is -0.326 e. The van der Waals surface area contributed by atoms with Crippen LogP contribution >= 0.6 is 0 Å². The van der Waals surface area contributed by atoms with Gasteiger partial charge in [0, 0.05) is 23.7 Å². The first-order valence-corrected chi connectivity index (χ1v) is 6.14. The number of hydrogen-bond acceptors (Lipinski definition) is 3. The van der Waals surface area contributed by atoms with Crippen LogP contribution in [0.15, 0.2) is 30.6 Å². The third kappa shape index (κ3) is 2.99. The van der Waals surface area contributed by atoms with Gasteiger partial charge in [-0.2, -0.15) is 0 Å². The fourth-order valence-corrected chi connectivity index (χ4v) is 1.60. The number of hydrogen-bond donors (Lipinski definition) is 1. The molecule has 1 aromatic heterocycles. The molecule has 0 radical (unpaired) electrons. The maximum absolute atomic E-state index is 12.0. The summed E-state index contributed by atoms with van der Waals surface area (Å²) >= 11 is 0.